The first kappa shape index (κ1) is 9.35. The van der Waals surface area contributed by atoms with Crippen molar-refractivity contribution in [1.29, 1.82) is 0 Å². The lowest BCUT2D eigenvalue weighted by Crippen LogP contribution is -2.25. The second-order valence-corrected chi connectivity index (χ2v) is 1.41. The van der Waals surface area contributed by atoms with E-state index < -0.39 is 5.97 Å². The molecule has 0 spiro atoms. The van der Waals surface area contributed by atoms with Gasteiger partial charge in [0.15, 0.2) is 0 Å². The van der Waals surface area contributed by atoms with Gasteiger partial charge in [-0.05, 0) is 6.92 Å². The van der Waals surface area contributed by atoms with Crippen molar-refractivity contribution in [1.82, 2.24) is 5.39 Å². The summed E-state index contributed by atoms with van der Waals surface area (Å²) < 4.78 is 0. The number of nitrogens with zero attached hydrogens (tertiary/aromatic N) is 1. The molecule has 5 heteroatoms. The van der Waals surface area contributed by atoms with Gasteiger partial charge < -0.3 is 4.84 Å². The molecule has 0 bridgehead atoms. The SMILES string of the molecule is CCON(OC)OC(C)=O. The molecule has 0 aromatic heterocycles. The van der Waals surface area contributed by atoms with Gasteiger partial charge in [-0.1, -0.05) is 0 Å². The zero-order valence-electron chi connectivity index (χ0n) is 6.29. The largest absolute Gasteiger partial charge is 0.327 e. The Morgan fingerprint density at radius 1 is 1.60 bits per heavy atom. The third kappa shape index (κ3) is 4.25. The van der Waals surface area contributed by atoms with Crippen molar-refractivity contribution in [2.45, 2.75) is 13.8 Å². The maximum absolute atomic E-state index is 10.3. The predicted molar refractivity (Wildman–Crippen MR) is 32.2 cm³/mol. The Morgan fingerprint density at radius 2 is 2.20 bits per heavy atom. The first-order chi connectivity index (χ1) is 4.70. The molecule has 0 rings (SSSR count). The topological polar surface area (TPSA) is 48.0 Å². The van der Waals surface area contributed by atoms with Crippen molar-refractivity contribution in [3.05, 3.63) is 0 Å². The van der Waals surface area contributed by atoms with Gasteiger partial charge in [0.1, 0.15) is 5.39 Å². The monoisotopic (exact) mass is 149 g/mol. The first-order valence-electron chi connectivity index (χ1n) is 2.86. The quantitative estimate of drug-likeness (QED) is 0.537. The molecule has 0 aromatic rings. The lowest BCUT2D eigenvalue weighted by atomic mass is 10.8. The molecule has 0 amide bonds. The molecular formula is C5H11NO4. The molecule has 0 aromatic carbocycles. The zero-order valence-corrected chi connectivity index (χ0v) is 6.29. The molecule has 60 valence electrons. The molecule has 5 nitrogen and oxygen atoms in total. The minimum Gasteiger partial charge on any atom is -0.318 e. The molecule has 0 unspecified atom stereocenters. The molecule has 0 heterocycles. The molecule has 0 fully saturated rings. The van der Waals surface area contributed by atoms with E-state index in [1.807, 2.05) is 0 Å². The van der Waals surface area contributed by atoms with E-state index in [0.29, 0.717) is 12.0 Å². The van der Waals surface area contributed by atoms with Crippen LogP contribution in [0.1, 0.15) is 13.8 Å². The van der Waals surface area contributed by atoms with Crippen LogP contribution in [0.5, 0.6) is 0 Å². The highest BCUT2D eigenvalue weighted by atomic mass is 17.2. The fourth-order valence-corrected chi connectivity index (χ4v) is 0.327. The van der Waals surface area contributed by atoms with Crippen LogP contribution >= 0.6 is 0 Å². The zero-order chi connectivity index (χ0) is 7.98. The minimum absolute atomic E-state index is 0.376. The molecule has 0 saturated heterocycles. The molecule has 0 aliphatic carbocycles. The van der Waals surface area contributed by atoms with E-state index in [9.17, 15) is 4.79 Å². The molecule has 0 aliphatic heterocycles. The summed E-state index contributed by atoms with van der Waals surface area (Å²) in [6.45, 7) is 3.38. The van der Waals surface area contributed by atoms with E-state index >= 15 is 0 Å². The fraction of sp³-hybridized carbons (Fsp3) is 0.800. The smallest absolute Gasteiger partial charge is 0.318 e. The van der Waals surface area contributed by atoms with E-state index in [0.717, 1.165) is 0 Å². The van der Waals surface area contributed by atoms with Crippen LogP contribution in [0.25, 0.3) is 0 Å². The average molecular weight is 149 g/mol. The van der Waals surface area contributed by atoms with Crippen molar-refractivity contribution in [3.63, 3.8) is 0 Å². The highest BCUT2D eigenvalue weighted by molar-refractivity contribution is 5.65. The molecule has 0 saturated carbocycles. The summed E-state index contributed by atoms with van der Waals surface area (Å²) in [6.07, 6.45) is 0. The Bertz CT molecular complexity index is 106. The van der Waals surface area contributed by atoms with Gasteiger partial charge in [-0.3, -0.25) is 4.79 Å². The van der Waals surface area contributed by atoms with Crippen LogP contribution in [0, 0.1) is 0 Å². The first-order valence-corrected chi connectivity index (χ1v) is 2.86. The van der Waals surface area contributed by atoms with Gasteiger partial charge in [0, 0.05) is 6.92 Å². The summed E-state index contributed by atoms with van der Waals surface area (Å²) in [5.41, 5.74) is 0. The second kappa shape index (κ2) is 5.16. The van der Waals surface area contributed by atoms with E-state index in [4.69, 9.17) is 0 Å². The molecule has 0 atom stereocenters. The summed E-state index contributed by atoms with van der Waals surface area (Å²) in [5.74, 6) is -0.490. The van der Waals surface area contributed by atoms with Crippen molar-refractivity contribution in [3.8, 4) is 0 Å². The summed E-state index contributed by atoms with van der Waals surface area (Å²) in [7, 11) is 1.33. The molecule has 0 N–H and O–H groups in total. The summed E-state index contributed by atoms with van der Waals surface area (Å²) in [5, 5.41) is 0.655. The van der Waals surface area contributed by atoms with E-state index in [1.165, 1.54) is 14.0 Å². The maximum atomic E-state index is 10.3. The Hall–Kier alpha value is -0.650. The lowest BCUT2D eigenvalue weighted by Gasteiger charge is -2.13. The maximum Gasteiger partial charge on any atom is 0.327 e. The summed E-state index contributed by atoms with van der Waals surface area (Å²) in [4.78, 5) is 23.8. The van der Waals surface area contributed by atoms with Gasteiger partial charge in [-0.25, -0.2) is 9.68 Å². The van der Waals surface area contributed by atoms with Crippen molar-refractivity contribution in [2.75, 3.05) is 13.7 Å². The van der Waals surface area contributed by atoms with Crippen LogP contribution in [-0.2, 0) is 19.3 Å². The van der Waals surface area contributed by atoms with E-state index in [-0.39, 0.29) is 0 Å². The highest BCUT2D eigenvalue weighted by Gasteiger charge is 2.05. The number of hydrogen-bond acceptors (Lipinski definition) is 5. The fourth-order valence-electron chi connectivity index (χ4n) is 0.327. The normalized spacial score (nSPS) is 10.0. The Kier molecular flexibility index (Phi) is 4.82. The van der Waals surface area contributed by atoms with Gasteiger partial charge in [0.25, 0.3) is 0 Å². The van der Waals surface area contributed by atoms with Crippen LogP contribution in [0.3, 0.4) is 0 Å². The van der Waals surface area contributed by atoms with Crippen LogP contribution in [0.2, 0.25) is 0 Å². The Balaban J connectivity index is 3.49. The number of carbonyl (C=O) groups excluding carboxylic acids is 1. The predicted octanol–water partition coefficient (Wildman–Crippen LogP) is 0.279. The average Bonchev–Trinajstić information content (AvgIpc) is 1.86. The lowest BCUT2D eigenvalue weighted by molar-refractivity contribution is -0.496. The van der Waals surface area contributed by atoms with Crippen LogP contribution < -0.4 is 0 Å². The minimum atomic E-state index is -0.490. The molecule has 0 radical (unpaired) electrons. The van der Waals surface area contributed by atoms with Gasteiger partial charge in [0.05, 0.1) is 13.7 Å². The molecule has 10 heavy (non-hydrogen) atoms. The Morgan fingerprint density at radius 3 is 2.50 bits per heavy atom. The highest BCUT2D eigenvalue weighted by Crippen LogP contribution is 1.91. The number of hydrogen-bond donors (Lipinski definition) is 0. The van der Waals surface area contributed by atoms with Gasteiger partial charge in [-0.15, -0.1) is 0 Å². The number of rotatable bonds is 4. The number of carbonyl (C=O) groups is 1. The van der Waals surface area contributed by atoms with Gasteiger partial charge in [-0.2, -0.15) is 0 Å². The van der Waals surface area contributed by atoms with Crippen molar-refractivity contribution in [2.24, 2.45) is 0 Å². The second-order valence-electron chi connectivity index (χ2n) is 1.41. The van der Waals surface area contributed by atoms with Gasteiger partial charge in [0.2, 0.25) is 0 Å². The van der Waals surface area contributed by atoms with Crippen LogP contribution in [0.4, 0.5) is 0 Å². The van der Waals surface area contributed by atoms with Crippen molar-refractivity contribution >= 4 is 5.97 Å². The summed E-state index contributed by atoms with van der Waals surface area (Å²) in [6, 6.07) is 0. The van der Waals surface area contributed by atoms with E-state index in [1.54, 1.807) is 6.92 Å². The standard InChI is InChI=1S/C5H11NO4/c1-4-9-6(8-3)10-5(2)7/h4H2,1-3H3. The van der Waals surface area contributed by atoms with Crippen molar-refractivity contribution < 1.29 is 19.3 Å². The third-order valence-electron chi connectivity index (χ3n) is 0.587. The molecule has 0 aliphatic rings. The molecular weight excluding hydrogens is 138 g/mol. The Labute approximate surface area is 59.3 Å². The summed E-state index contributed by atoms with van der Waals surface area (Å²) >= 11 is 0. The van der Waals surface area contributed by atoms with Gasteiger partial charge >= 0.3 is 5.97 Å². The third-order valence-corrected chi connectivity index (χ3v) is 0.587. The van der Waals surface area contributed by atoms with Crippen LogP contribution in [-0.4, -0.2) is 25.1 Å². The van der Waals surface area contributed by atoms with E-state index in [2.05, 4.69) is 14.5 Å². The van der Waals surface area contributed by atoms with Crippen LogP contribution in [0.15, 0.2) is 0 Å².